The average Bonchev–Trinajstić information content (AvgIpc) is 2.34. The average molecular weight is 165 g/mol. The van der Waals surface area contributed by atoms with E-state index in [0.717, 1.165) is 11.3 Å². The Morgan fingerprint density at radius 3 is 2.91 bits per heavy atom. The highest BCUT2D eigenvalue weighted by molar-refractivity contribution is 7.71. The first kappa shape index (κ1) is 6.42. The molecule has 2 aliphatic rings. The number of aromatic nitrogens is 2. The van der Waals surface area contributed by atoms with Gasteiger partial charge in [-0.15, -0.1) is 0 Å². The zero-order valence-corrected chi connectivity index (χ0v) is 6.53. The summed E-state index contributed by atoms with van der Waals surface area (Å²) in [5, 5.41) is 0. The lowest BCUT2D eigenvalue weighted by atomic mass is 10.2. The molecule has 0 saturated heterocycles. The molecule has 0 atom stereocenters. The molecule has 4 heteroatoms. The van der Waals surface area contributed by atoms with Gasteiger partial charge >= 0.3 is 0 Å². The van der Waals surface area contributed by atoms with Crippen molar-refractivity contribution in [2.24, 2.45) is 0 Å². The van der Waals surface area contributed by atoms with Crippen molar-refractivity contribution in [3.63, 3.8) is 0 Å². The van der Waals surface area contributed by atoms with Crippen molar-refractivity contribution in [2.75, 3.05) is 5.73 Å². The van der Waals surface area contributed by atoms with E-state index in [-0.39, 0.29) is 0 Å². The van der Waals surface area contributed by atoms with Crippen LogP contribution in [0.1, 0.15) is 0 Å². The van der Waals surface area contributed by atoms with Gasteiger partial charge in [0.2, 0.25) is 0 Å². The highest BCUT2D eigenvalue weighted by Crippen LogP contribution is 2.24. The smallest absolute Gasteiger partial charge is 0.176 e. The van der Waals surface area contributed by atoms with Crippen LogP contribution in [0.5, 0.6) is 0 Å². The second-order valence-corrected chi connectivity index (χ2v) is 2.75. The van der Waals surface area contributed by atoms with E-state index in [9.17, 15) is 0 Å². The molecule has 0 radical (unpaired) electrons. The summed E-state index contributed by atoms with van der Waals surface area (Å²) in [5.74, 6) is 0.619. The minimum absolute atomic E-state index is 0.557. The molecular weight excluding hydrogens is 158 g/mol. The molecule has 11 heavy (non-hydrogen) atoms. The van der Waals surface area contributed by atoms with Crippen molar-refractivity contribution in [2.45, 2.75) is 0 Å². The second kappa shape index (κ2) is 2.10. The van der Waals surface area contributed by atoms with Crippen LogP contribution in [0.2, 0.25) is 0 Å². The molecule has 0 fully saturated rings. The molecule has 0 saturated carbocycles. The number of hydrogen-bond donors (Lipinski definition) is 3. The molecule has 0 unspecified atom stereocenters. The summed E-state index contributed by atoms with van der Waals surface area (Å²) in [6, 6.07) is 5.81. The normalized spacial score (nSPS) is 10.5. The van der Waals surface area contributed by atoms with Gasteiger partial charge in [0.05, 0.1) is 5.69 Å². The van der Waals surface area contributed by atoms with Crippen LogP contribution in [0.15, 0.2) is 18.2 Å². The molecule has 3 nitrogen and oxygen atoms in total. The zero-order valence-electron chi connectivity index (χ0n) is 5.72. The lowest BCUT2D eigenvalue weighted by molar-refractivity contribution is 1.15. The Hall–Kier alpha value is -1.29. The van der Waals surface area contributed by atoms with Gasteiger partial charge in [-0.1, -0.05) is 6.07 Å². The Bertz CT molecular complexity index is 401. The SMILES string of the molecule is Nc1[nH]c(=S)[nH]c2cccc1-2. The Labute approximate surface area is 68.6 Å². The number of aromatic amines is 2. The summed E-state index contributed by atoms with van der Waals surface area (Å²) in [4.78, 5) is 5.83. The van der Waals surface area contributed by atoms with Crippen LogP contribution < -0.4 is 5.73 Å². The molecule has 56 valence electrons. The Kier molecular flexibility index (Phi) is 1.22. The van der Waals surface area contributed by atoms with Gasteiger partial charge in [0.15, 0.2) is 4.77 Å². The predicted molar refractivity (Wildman–Crippen MR) is 47.0 cm³/mol. The summed E-state index contributed by atoms with van der Waals surface area (Å²) in [6.45, 7) is 0. The number of fused-ring (bicyclic) bond motifs is 1. The van der Waals surface area contributed by atoms with Gasteiger partial charge in [0.1, 0.15) is 5.82 Å². The molecule has 0 spiro atoms. The van der Waals surface area contributed by atoms with Gasteiger partial charge < -0.3 is 15.7 Å². The van der Waals surface area contributed by atoms with Crippen molar-refractivity contribution in [1.82, 2.24) is 9.97 Å². The topological polar surface area (TPSA) is 57.6 Å². The van der Waals surface area contributed by atoms with Crippen molar-refractivity contribution in [3.05, 3.63) is 23.0 Å². The van der Waals surface area contributed by atoms with Gasteiger partial charge in [0.25, 0.3) is 0 Å². The zero-order chi connectivity index (χ0) is 7.84. The van der Waals surface area contributed by atoms with Crippen molar-refractivity contribution in [1.29, 1.82) is 0 Å². The molecule has 0 aromatic carbocycles. The van der Waals surface area contributed by atoms with Gasteiger partial charge in [-0.05, 0) is 24.4 Å². The lowest BCUT2D eigenvalue weighted by Gasteiger charge is -2.02. The third-order valence-electron chi connectivity index (χ3n) is 1.60. The summed E-state index contributed by atoms with van der Waals surface area (Å²) in [7, 11) is 0. The van der Waals surface area contributed by atoms with Crippen LogP contribution in [-0.2, 0) is 0 Å². The maximum absolute atomic E-state index is 5.66. The van der Waals surface area contributed by atoms with Crippen LogP contribution in [0, 0.1) is 4.77 Å². The van der Waals surface area contributed by atoms with E-state index >= 15 is 0 Å². The first-order valence-electron chi connectivity index (χ1n) is 3.24. The number of anilines is 1. The van der Waals surface area contributed by atoms with Gasteiger partial charge in [0, 0.05) is 5.56 Å². The maximum Gasteiger partial charge on any atom is 0.176 e. The number of rotatable bonds is 0. The maximum atomic E-state index is 5.66. The molecule has 2 rings (SSSR count). The minimum atomic E-state index is 0.557. The van der Waals surface area contributed by atoms with E-state index in [1.54, 1.807) is 0 Å². The molecule has 1 aliphatic carbocycles. The monoisotopic (exact) mass is 165 g/mol. The standard InChI is InChI=1S/C7H7N3S/c8-6-4-2-1-3-5(4)9-7(11)10-6/h1-3H,8H2,(H2,9,10,11). The minimum Gasteiger partial charge on any atom is -0.385 e. The fraction of sp³-hybridized carbons (Fsp3) is 0. The number of hydrogen-bond acceptors (Lipinski definition) is 2. The van der Waals surface area contributed by atoms with Crippen LogP contribution in [0.3, 0.4) is 0 Å². The van der Waals surface area contributed by atoms with Gasteiger partial charge in [-0.2, -0.15) is 0 Å². The fourth-order valence-corrected chi connectivity index (χ4v) is 1.33. The Morgan fingerprint density at radius 2 is 2.09 bits per heavy atom. The highest BCUT2D eigenvalue weighted by atomic mass is 32.1. The summed E-state index contributed by atoms with van der Waals surface area (Å²) in [5.41, 5.74) is 7.62. The van der Waals surface area contributed by atoms with Crippen molar-refractivity contribution >= 4 is 18.0 Å². The number of nitrogens with two attached hydrogens (primary N) is 1. The van der Waals surface area contributed by atoms with Crippen molar-refractivity contribution in [3.8, 4) is 11.3 Å². The third-order valence-corrected chi connectivity index (χ3v) is 1.81. The molecule has 0 bridgehead atoms. The number of nitrogens with one attached hydrogen (secondary N) is 2. The van der Waals surface area contributed by atoms with Crippen LogP contribution in [0.4, 0.5) is 5.82 Å². The van der Waals surface area contributed by atoms with Gasteiger partial charge in [-0.3, -0.25) is 0 Å². The largest absolute Gasteiger partial charge is 0.385 e. The molecule has 0 amide bonds. The fourth-order valence-electron chi connectivity index (χ4n) is 1.11. The van der Waals surface area contributed by atoms with Crippen LogP contribution in [-0.4, -0.2) is 9.97 Å². The number of nitrogen functional groups attached to an aromatic ring is 1. The molecule has 0 aromatic rings. The van der Waals surface area contributed by atoms with Gasteiger partial charge in [-0.25, -0.2) is 0 Å². The lowest BCUT2D eigenvalue weighted by Crippen LogP contribution is -1.96. The van der Waals surface area contributed by atoms with E-state index in [1.165, 1.54) is 0 Å². The first-order valence-corrected chi connectivity index (χ1v) is 3.65. The third kappa shape index (κ3) is 0.914. The molecule has 0 aromatic heterocycles. The van der Waals surface area contributed by atoms with E-state index < -0.39 is 0 Å². The molecule has 1 heterocycles. The van der Waals surface area contributed by atoms with Crippen LogP contribution in [0.25, 0.3) is 11.3 Å². The Morgan fingerprint density at radius 1 is 1.27 bits per heavy atom. The predicted octanol–water partition coefficient (Wildman–Crippen LogP) is 1.76. The van der Waals surface area contributed by atoms with E-state index in [0.29, 0.717) is 10.6 Å². The Balaban J connectivity index is 2.90. The van der Waals surface area contributed by atoms with E-state index in [4.69, 9.17) is 18.0 Å². The molecular formula is C7H7N3S. The van der Waals surface area contributed by atoms with Crippen LogP contribution >= 0.6 is 12.2 Å². The van der Waals surface area contributed by atoms with Crippen molar-refractivity contribution < 1.29 is 0 Å². The van der Waals surface area contributed by atoms with E-state index in [1.807, 2.05) is 18.2 Å². The highest BCUT2D eigenvalue weighted by Gasteiger charge is 2.04. The first-order chi connectivity index (χ1) is 5.27. The molecule has 4 N–H and O–H groups in total. The molecule has 1 aliphatic heterocycles. The van der Waals surface area contributed by atoms with E-state index in [2.05, 4.69) is 9.97 Å². The quantitative estimate of drug-likeness (QED) is 0.521. The number of H-pyrrole nitrogens is 2. The summed E-state index contributed by atoms with van der Waals surface area (Å²) < 4.78 is 0.557. The summed E-state index contributed by atoms with van der Waals surface area (Å²) >= 11 is 4.90. The summed E-state index contributed by atoms with van der Waals surface area (Å²) in [6.07, 6.45) is 0. The second-order valence-electron chi connectivity index (χ2n) is 2.35.